The first-order valence-corrected chi connectivity index (χ1v) is 8.21. The number of amides is 1. The van der Waals surface area contributed by atoms with Gasteiger partial charge in [-0.1, -0.05) is 24.3 Å². The normalized spacial score (nSPS) is 10.5. The summed E-state index contributed by atoms with van der Waals surface area (Å²) in [5, 5.41) is 23.6. The molecule has 1 aromatic heterocycles. The van der Waals surface area contributed by atoms with E-state index in [4.69, 9.17) is 9.68 Å². The number of carbonyl (C=O) groups excluding carboxylic acids is 1. The molecule has 2 aromatic carbocycles. The van der Waals surface area contributed by atoms with Crippen LogP contribution in [-0.4, -0.2) is 17.0 Å². The Balaban J connectivity index is 1.59. The minimum atomic E-state index is -0.499. The summed E-state index contributed by atoms with van der Waals surface area (Å²) in [6.45, 7) is 0. The Morgan fingerprint density at radius 1 is 1.18 bits per heavy atom. The number of nitro benzene ring substituents is 1. The number of hydrogen-bond donors (Lipinski definition) is 1. The van der Waals surface area contributed by atoms with Gasteiger partial charge in [-0.25, -0.2) is 5.43 Å². The van der Waals surface area contributed by atoms with Gasteiger partial charge in [0, 0.05) is 17.7 Å². The van der Waals surface area contributed by atoms with Crippen LogP contribution in [0.1, 0.15) is 16.9 Å². The molecule has 8 nitrogen and oxygen atoms in total. The average Bonchev–Trinajstić information content (AvgIpc) is 3.17. The van der Waals surface area contributed by atoms with Crippen LogP contribution in [0.2, 0.25) is 0 Å². The number of nitriles is 1. The Bertz CT molecular complexity index is 1080. The second kappa shape index (κ2) is 8.42. The highest BCUT2D eigenvalue weighted by atomic mass is 16.6. The lowest BCUT2D eigenvalue weighted by Crippen LogP contribution is -2.19. The van der Waals surface area contributed by atoms with E-state index in [1.54, 1.807) is 30.3 Å². The summed E-state index contributed by atoms with van der Waals surface area (Å²) >= 11 is 0. The monoisotopic (exact) mass is 374 g/mol. The number of hydrogen-bond acceptors (Lipinski definition) is 6. The fraction of sp³-hybridized carbons (Fsp3) is 0.0500. The molecule has 0 saturated heterocycles. The first-order valence-electron chi connectivity index (χ1n) is 8.21. The molecule has 0 fully saturated rings. The van der Waals surface area contributed by atoms with Crippen molar-refractivity contribution >= 4 is 17.8 Å². The number of nitrogens with one attached hydrogen (secondary N) is 1. The number of carbonyl (C=O) groups is 1. The summed E-state index contributed by atoms with van der Waals surface area (Å²) in [6.07, 6.45) is 1.39. The van der Waals surface area contributed by atoms with Crippen molar-refractivity contribution in [1.82, 2.24) is 5.43 Å². The summed E-state index contributed by atoms with van der Waals surface area (Å²) in [6, 6.07) is 18.3. The lowest BCUT2D eigenvalue weighted by molar-refractivity contribution is -0.384. The van der Waals surface area contributed by atoms with E-state index >= 15 is 0 Å². The molecular weight excluding hydrogens is 360 g/mol. The van der Waals surface area contributed by atoms with Gasteiger partial charge in [0.1, 0.15) is 11.5 Å². The first-order chi connectivity index (χ1) is 13.6. The van der Waals surface area contributed by atoms with Crippen LogP contribution in [0.3, 0.4) is 0 Å². The molecule has 3 aromatic rings. The zero-order valence-electron chi connectivity index (χ0n) is 14.5. The predicted octanol–water partition coefficient (Wildman–Crippen LogP) is 3.42. The predicted molar refractivity (Wildman–Crippen MR) is 101 cm³/mol. The maximum atomic E-state index is 11.9. The average molecular weight is 374 g/mol. The Kier molecular flexibility index (Phi) is 5.58. The van der Waals surface area contributed by atoms with E-state index in [1.165, 1.54) is 30.5 Å². The van der Waals surface area contributed by atoms with Crippen molar-refractivity contribution in [3.63, 3.8) is 0 Å². The molecule has 1 N–H and O–H groups in total. The Morgan fingerprint density at radius 2 is 1.93 bits per heavy atom. The smallest absolute Gasteiger partial charge is 0.269 e. The number of furan rings is 1. The SMILES string of the molecule is N#Cc1ccccc1-c1ccc(/C=N\NC(=O)Cc2ccc([N+](=O)[O-])cc2)o1. The minimum Gasteiger partial charge on any atom is -0.455 e. The molecule has 28 heavy (non-hydrogen) atoms. The quantitative estimate of drug-likeness (QED) is 0.402. The van der Waals surface area contributed by atoms with E-state index in [1.807, 2.05) is 6.07 Å². The summed E-state index contributed by atoms with van der Waals surface area (Å²) in [7, 11) is 0. The van der Waals surface area contributed by atoms with Crippen LogP contribution in [0.5, 0.6) is 0 Å². The van der Waals surface area contributed by atoms with Crippen molar-refractivity contribution in [3.05, 3.63) is 87.7 Å². The van der Waals surface area contributed by atoms with Crippen LogP contribution in [0.25, 0.3) is 11.3 Å². The number of rotatable bonds is 6. The third-order valence-corrected chi connectivity index (χ3v) is 3.83. The van der Waals surface area contributed by atoms with Gasteiger partial charge < -0.3 is 4.42 Å². The van der Waals surface area contributed by atoms with Crippen LogP contribution in [-0.2, 0) is 11.2 Å². The van der Waals surface area contributed by atoms with Crippen molar-refractivity contribution in [3.8, 4) is 17.4 Å². The van der Waals surface area contributed by atoms with Gasteiger partial charge in [-0.15, -0.1) is 0 Å². The lowest BCUT2D eigenvalue weighted by Gasteiger charge is -2.00. The highest BCUT2D eigenvalue weighted by molar-refractivity contribution is 5.82. The number of nitro groups is 1. The molecule has 0 spiro atoms. The van der Waals surface area contributed by atoms with E-state index < -0.39 is 4.92 Å². The molecule has 0 radical (unpaired) electrons. The lowest BCUT2D eigenvalue weighted by atomic mass is 10.1. The molecule has 0 unspecified atom stereocenters. The Labute approximate surface area is 159 Å². The molecular formula is C20H14N4O4. The minimum absolute atomic E-state index is 0.0335. The van der Waals surface area contributed by atoms with Crippen LogP contribution in [0, 0.1) is 21.4 Å². The van der Waals surface area contributed by atoms with Crippen molar-refractivity contribution in [1.29, 1.82) is 5.26 Å². The van der Waals surface area contributed by atoms with Crippen LogP contribution in [0.15, 0.2) is 70.2 Å². The molecule has 1 heterocycles. The summed E-state index contributed by atoms with van der Waals surface area (Å²) in [4.78, 5) is 22.0. The molecule has 138 valence electrons. The van der Waals surface area contributed by atoms with Crippen molar-refractivity contribution < 1.29 is 14.1 Å². The van der Waals surface area contributed by atoms with Gasteiger partial charge in [0.05, 0.1) is 29.2 Å². The zero-order valence-corrected chi connectivity index (χ0v) is 14.5. The number of hydrazone groups is 1. The fourth-order valence-electron chi connectivity index (χ4n) is 2.49. The number of benzene rings is 2. The van der Waals surface area contributed by atoms with E-state index in [9.17, 15) is 14.9 Å². The first kappa shape index (κ1) is 18.5. The van der Waals surface area contributed by atoms with Gasteiger partial charge in [0.25, 0.3) is 5.69 Å². The van der Waals surface area contributed by atoms with Gasteiger partial charge in [-0.2, -0.15) is 10.4 Å². The second-order valence-electron chi connectivity index (χ2n) is 5.75. The van der Waals surface area contributed by atoms with Gasteiger partial charge >= 0.3 is 0 Å². The van der Waals surface area contributed by atoms with E-state index in [2.05, 4.69) is 16.6 Å². The maximum Gasteiger partial charge on any atom is 0.269 e. The second-order valence-corrected chi connectivity index (χ2v) is 5.75. The molecule has 0 bridgehead atoms. The van der Waals surface area contributed by atoms with Crippen molar-refractivity contribution in [2.75, 3.05) is 0 Å². The summed E-state index contributed by atoms with van der Waals surface area (Å²) in [5.74, 6) is 0.570. The highest BCUT2D eigenvalue weighted by Gasteiger charge is 2.09. The molecule has 0 aliphatic rings. The van der Waals surface area contributed by atoms with Gasteiger partial charge in [-0.05, 0) is 29.8 Å². The molecule has 0 aliphatic heterocycles. The third kappa shape index (κ3) is 4.47. The van der Waals surface area contributed by atoms with E-state index in [0.717, 1.165) is 0 Å². The largest absolute Gasteiger partial charge is 0.455 e. The maximum absolute atomic E-state index is 11.9. The van der Waals surface area contributed by atoms with Crippen LogP contribution < -0.4 is 5.43 Å². The molecule has 3 rings (SSSR count). The Morgan fingerprint density at radius 3 is 2.64 bits per heavy atom. The molecule has 0 atom stereocenters. The molecule has 1 amide bonds. The molecule has 0 aliphatic carbocycles. The standard InChI is InChI=1S/C20H14N4O4/c21-12-15-3-1-2-4-18(15)19-10-9-17(28-19)13-22-23-20(25)11-14-5-7-16(8-6-14)24(26)27/h1-10,13H,11H2,(H,23,25)/b22-13-. The number of non-ortho nitro benzene ring substituents is 1. The Hall–Kier alpha value is -4.25. The summed E-state index contributed by atoms with van der Waals surface area (Å²) in [5.41, 5.74) is 4.14. The third-order valence-electron chi connectivity index (χ3n) is 3.83. The summed E-state index contributed by atoms with van der Waals surface area (Å²) < 4.78 is 5.63. The van der Waals surface area contributed by atoms with E-state index in [0.29, 0.717) is 28.2 Å². The topological polar surface area (TPSA) is 122 Å². The van der Waals surface area contributed by atoms with Gasteiger partial charge in [0.2, 0.25) is 5.91 Å². The zero-order chi connectivity index (χ0) is 19.9. The van der Waals surface area contributed by atoms with E-state index in [-0.39, 0.29) is 18.0 Å². The molecule has 0 saturated carbocycles. The van der Waals surface area contributed by atoms with Crippen molar-refractivity contribution in [2.45, 2.75) is 6.42 Å². The number of nitrogens with zero attached hydrogens (tertiary/aromatic N) is 3. The highest BCUT2D eigenvalue weighted by Crippen LogP contribution is 2.24. The fourth-order valence-corrected chi connectivity index (χ4v) is 2.49. The van der Waals surface area contributed by atoms with Gasteiger partial charge in [-0.3, -0.25) is 14.9 Å². The van der Waals surface area contributed by atoms with Crippen LogP contribution >= 0.6 is 0 Å². The van der Waals surface area contributed by atoms with Crippen molar-refractivity contribution in [2.24, 2.45) is 5.10 Å². The van der Waals surface area contributed by atoms with Gasteiger partial charge in [0.15, 0.2) is 0 Å². The molecule has 8 heteroatoms. The van der Waals surface area contributed by atoms with Crippen LogP contribution in [0.4, 0.5) is 5.69 Å².